The molecule has 1 amide bonds. The molecule has 0 spiro atoms. The summed E-state index contributed by atoms with van der Waals surface area (Å²) in [6, 6.07) is -1.46. The number of rotatable bonds is 1. The van der Waals surface area contributed by atoms with Crippen molar-refractivity contribution in [1.82, 2.24) is 4.90 Å². The minimum absolute atomic E-state index is 0. The molecule has 18 heavy (non-hydrogen) atoms. The van der Waals surface area contributed by atoms with Crippen LogP contribution in [-0.2, 0) is 19.4 Å². The van der Waals surface area contributed by atoms with E-state index < -0.39 is 41.1 Å². The molecule has 0 aromatic heterocycles. The summed E-state index contributed by atoms with van der Waals surface area (Å²) in [5, 5.41) is 9.83. The second-order valence-corrected chi connectivity index (χ2v) is 10.7. The molecule has 0 aromatic rings. The number of nitrogens with zero attached hydrogens (tertiary/aromatic N) is 1. The third kappa shape index (κ3) is 1.70. The molecule has 0 N–H and O–H groups in total. The number of fused-ring (bicyclic) bond motifs is 1. The zero-order chi connectivity index (χ0) is 13.4. The van der Waals surface area contributed by atoms with Gasteiger partial charge in [-0.2, -0.15) is 0 Å². The molecule has 2 heterocycles. The number of carboxylic acids is 1. The van der Waals surface area contributed by atoms with Gasteiger partial charge in [0.2, 0.25) is 0 Å². The molecule has 2 atom stereocenters. The second-order valence-electron chi connectivity index (χ2n) is 4.56. The molecule has 96 valence electrons. The van der Waals surface area contributed by atoms with Crippen LogP contribution in [0.25, 0.3) is 0 Å². The summed E-state index contributed by atoms with van der Waals surface area (Å²) in [4.78, 5) is 23.6. The number of carbonyl (C=O) groups is 2. The Morgan fingerprint density at radius 1 is 1.39 bits per heavy atom. The van der Waals surface area contributed by atoms with E-state index >= 15 is 0 Å². The fourth-order valence-corrected chi connectivity index (χ4v) is 6.70. The molecule has 2 aliphatic rings. The molecule has 2 aliphatic heterocycles. The normalized spacial score (nSPS) is 34.2. The van der Waals surface area contributed by atoms with Crippen molar-refractivity contribution in [3.8, 4) is 0 Å². The number of carboxylic acid groups (broad SMARTS) is 1. The van der Waals surface area contributed by atoms with E-state index in [-0.39, 0.29) is 29.6 Å². The summed E-state index contributed by atoms with van der Waals surface area (Å²) >= 11 is 5.95. The van der Waals surface area contributed by atoms with Crippen LogP contribution in [-0.4, -0.2) is 44.6 Å². The molecule has 0 aromatic carbocycles. The fourth-order valence-electron chi connectivity index (χ4n) is 2.27. The monoisotopic (exact) mass is 411 g/mol. The molecule has 6 nitrogen and oxygen atoms in total. The maximum absolute atomic E-state index is 12.2. The minimum atomic E-state index is -3.81. The van der Waals surface area contributed by atoms with Crippen LogP contribution >= 0.6 is 31.9 Å². The topological polar surface area (TPSA) is 94.6 Å². The predicted octanol–water partition coefficient (Wildman–Crippen LogP) is -4.03. The molecule has 0 bridgehead atoms. The number of hydrogen-bond acceptors (Lipinski definition) is 5. The molecule has 0 aliphatic carbocycles. The zero-order valence-electron chi connectivity index (χ0n) is 9.81. The molecule has 2 fully saturated rings. The molecular weight excluding hydrogens is 405 g/mol. The summed E-state index contributed by atoms with van der Waals surface area (Å²) < 4.78 is 21.4. The Balaban J connectivity index is 0.00000162. The van der Waals surface area contributed by atoms with Crippen molar-refractivity contribution < 1.29 is 52.7 Å². The van der Waals surface area contributed by atoms with E-state index in [1.54, 1.807) is 0 Å². The largest absolute Gasteiger partial charge is 1.00 e. The molecule has 0 unspecified atom stereocenters. The maximum atomic E-state index is 12.2. The molecule has 2 saturated heterocycles. The smallest absolute Gasteiger partial charge is 0.548 e. The number of halogens is 2. The summed E-state index contributed by atoms with van der Waals surface area (Å²) in [6.07, 6.45) is 0. The van der Waals surface area contributed by atoms with E-state index in [0.29, 0.717) is 0 Å². The third-order valence-electron chi connectivity index (χ3n) is 3.27. The van der Waals surface area contributed by atoms with E-state index in [0.717, 1.165) is 4.90 Å². The Morgan fingerprint density at radius 2 is 1.83 bits per heavy atom. The van der Waals surface area contributed by atoms with Gasteiger partial charge in [-0.15, -0.1) is 0 Å². The summed E-state index contributed by atoms with van der Waals surface area (Å²) in [7, 11) is -3.81. The van der Waals surface area contributed by atoms with Gasteiger partial charge in [-0.3, -0.25) is 4.79 Å². The van der Waals surface area contributed by atoms with Crippen LogP contribution in [0.2, 0.25) is 0 Å². The van der Waals surface area contributed by atoms with Crippen molar-refractivity contribution in [3.05, 3.63) is 0 Å². The molecule has 10 heteroatoms. The first-order chi connectivity index (χ1) is 7.47. The van der Waals surface area contributed by atoms with Gasteiger partial charge in [-0.25, -0.2) is 8.42 Å². The van der Waals surface area contributed by atoms with Gasteiger partial charge in [-0.05, 0) is 13.8 Å². The Morgan fingerprint density at radius 3 is 2.22 bits per heavy atom. The average molecular weight is 413 g/mol. The van der Waals surface area contributed by atoms with Gasteiger partial charge in [0.05, 0.1) is 16.8 Å². The van der Waals surface area contributed by atoms with E-state index in [4.69, 9.17) is 0 Å². The second kappa shape index (κ2) is 4.42. The molecule has 0 saturated carbocycles. The number of sulfone groups is 1. The Kier molecular flexibility index (Phi) is 4.15. The number of amides is 1. The number of hydrogen-bond donors (Lipinski definition) is 0. The van der Waals surface area contributed by atoms with E-state index in [1.165, 1.54) is 13.8 Å². The van der Waals surface area contributed by atoms with Crippen LogP contribution in [0.5, 0.6) is 0 Å². The van der Waals surface area contributed by atoms with Crippen LogP contribution in [0, 0.1) is 0 Å². The SMILES string of the molecule is CC1(C)[C@H](C(=O)[O-])N2C(=O)C(Br)(Br)[C@H]2S1(=O)=O.[Na+]. The van der Waals surface area contributed by atoms with Crippen LogP contribution in [0.3, 0.4) is 0 Å². The molecular formula is C8H8Br2NNaO5S. The van der Waals surface area contributed by atoms with Crippen molar-refractivity contribution in [1.29, 1.82) is 0 Å². The predicted molar refractivity (Wildman–Crippen MR) is 63.0 cm³/mol. The zero-order valence-corrected chi connectivity index (χ0v) is 15.8. The van der Waals surface area contributed by atoms with Crippen molar-refractivity contribution in [3.63, 3.8) is 0 Å². The van der Waals surface area contributed by atoms with Gasteiger partial charge in [0.1, 0.15) is 0 Å². The van der Waals surface area contributed by atoms with E-state index in [9.17, 15) is 23.1 Å². The van der Waals surface area contributed by atoms with Gasteiger partial charge in [0, 0.05) is 0 Å². The number of alkyl halides is 2. The summed E-state index contributed by atoms with van der Waals surface area (Å²) in [5.41, 5.74) is 0. The van der Waals surface area contributed by atoms with E-state index in [1.807, 2.05) is 0 Å². The summed E-state index contributed by atoms with van der Waals surface area (Å²) in [6.45, 7) is 2.56. The number of β-lactam (4-membered cyclic amide) rings is 1. The quantitative estimate of drug-likeness (QED) is 0.248. The van der Waals surface area contributed by atoms with Gasteiger partial charge in [-0.1, -0.05) is 31.9 Å². The number of carbonyl (C=O) groups excluding carboxylic acids is 2. The van der Waals surface area contributed by atoms with Crippen LogP contribution in [0.1, 0.15) is 13.8 Å². The van der Waals surface area contributed by atoms with Gasteiger partial charge in [0.15, 0.2) is 18.4 Å². The van der Waals surface area contributed by atoms with Gasteiger partial charge < -0.3 is 14.8 Å². The van der Waals surface area contributed by atoms with Crippen LogP contribution in [0.15, 0.2) is 0 Å². The minimum Gasteiger partial charge on any atom is -0.548 e. The van der Waals surface area contributed by atoms with Crippen molar-refractivity contribution in [2.75, 3.05) is 0 Å². The van der Waals surface area contributed by atoms with Gasteiger partial charge >= 0.3 is 29.6 Å². The Hall–Kier alpha value is 0.850. The average Bonchev–Trinajstić information content (AvgIpc) is 2.29. The first kappa shape index (κ1) is 16.9. The van der Waals surface area contributed by atoms with Gasteiger partial charge in [0.25, 0.3) is 5.91 Å². The third-order valence-corrected chi connectivity index (χ3v) is 8.28. The first-order valence-corrected chi connectivity index (χ1v) is 7.75. The van der Waals surface area contributed by atoms with Crippen LogP contribution in [0.4, 0.5) is 0 Å². The first-order valence-electron chi connectivity index (χ1n) is 4.62. The standard InChI is InChI=1S/C8H9Br2NO5S.Na/c1-7(2)3(4(12)13)11-5(14)8(9,10)6(11)17(7,15)16;/h3,6H,1-2H3,(H,12,13);/q;+1/p-1/t3-,6+;/m0./s1. The van der Waals surface area contributed by atoms with Crippen molar-refractivity contribution in [2.24, 2.45) is 0 Å². The fraction of sp³-hybridized carbons (Fsp3) is 0.750. The molecule has 0 radical (unpaired) electrons. The van der Waals surface area contributed by atoms with Crippen molar-refractivity contribution in [2.45, 2.75) is 33.2 Å². The van der Waals surface area contributed by atoms with Crippen LogP contribution < -0.4 is 34.7 Å². The van der Waals surface area contributed by atoms with Crippen molar-refractivity contribution >= 4 is 53.6 Å². The van der Waals surface area contributed by atoms with E-state index in [2.05, 4.69) is 31.9 Å². The number of aliphatic carboxylic acids is 1. The molecule has 2 rings (SSSR count). The summed E-state index contributed by atoms with van der Waals surface area (Å²) in [5.74, 6) is -2.18. The maximum Gasteiger partial charge on any atom is 1.00 e. The Labute approximate surface area is 143 Å². The Bertz CT molecular complexity index is 532.